The Hall–Kier alpha value is -2.04. The lowest BCUT2D eigenvalue weighted by Crippen LogP contribution is -2.50. The van der Waals surface area contributed by atoms with Crippen molar-refractivity contribution in [1.29, 1.82) is 0 Å². The van der Waals surface area contributed by atoms with E-state index in [-0.39, 0.29) is 24.3 Å². The first-order valence-electron chi connectivity index (χ1n) is 10.4. The highest BCUT2D eigenvalue weighted by Gasteiger charge is 2.29. The van der Waals surface area contributed by atoms with Crippen molar-refractivity contribution in [2.24, 2.45) is 0 Å². The normalized spacial score (nSPS) is 15.1. The summed E-state index contributed by atoms with van der Waals surface area (Å²) in [5.41, 5.74) is 2.68. The van der Waals surface area contributed by atoms with E-state index in [2.05, 4.69) is 5.32 Å². The van der Waals surface area contributed by atoms with Gasteiger partial charge in [0.2, 0.25) is 11.8 Å². The molecule has 2 aromatic rings. The Balaban J connectivity index is 1.83. The number of rotatable bonds is 7. The van der Waals surface area contributed by atoms with Crippen LogP contribution in [0.25, 0.3) is 0 Å². The summed E-state index contributed by atoms with van der Waals surface area (Å²) in [4.78, 5) is 27.9. The van der Waals surface area contributed by atoms with Gasteiger partial charge in [-0.2, -0.15) is 0 Å². The Morgan fingerprint density at radius 3 is 2.33 bits per heavy atom. The minimum Gasteiger partial charge on any atom is -0.352 e. The molecule has 0 heterocycles. The molecule has 1 aliphatic carbocycles. The Morgan fingerprint density at radius 2 is 1.70 bits per heavy atom. The molecule has 4 nitrogen and oxygen atoms in total. The Kier molecular flexibility index (Phi) is 7.79. The summed E-state index contributed by atoms with van der Waals surface area (Å²) in [6, 6.07) is 12.7. The van der Waals surface area contributed by atoms with E-state index >= 15 is 0 Å². The number of amides is 2. The maximum Gasteiger partial charge on any atom is 0.242 e. The highest BCUT2D eigenvalue weighted by Crippen LogP contribution is 2.26. The first kappa shape index (κ1) is 22.6. The molecule has 0 radical (unpaired) electrons. The molecule has 0 aliphatic heterocycles. The quantitative estimate of drug-likeness (QED) is 0.625. The zero-order valence-corrected chi connectivity index (χ0v) is 19.0. The van der Waals surface area contributed by atoms with Crippen molar-refractivity contribution >= 4 is 35.0 Å². The van der Waals surface area contributed by atoms with E-state index in [0.717, 1.165) is 36.8 Å². The van der Waals surface area contributed by atoms with Crippen LogP contribution in [-0.2, 0) is 22.6 Å². The van der Waals surface area contributed by atoms with Gasteiger partial charge in [0.1, 0.15) is 6.04 Å². The fraction of sp³-hybridized carbons (Fsp3) is 0.417. The van der Waals surface area contributed by atoms with Crippen LogP contribution in [0, 0.1) is 6.92 Å². The van der Waals surface area contributed by atoms with Crippen LogP contribution in [0.1, 0.15) is 49.3 Å². The highest BCUT2D eigenvalue weighted by atomic mass is 35.5. The maximum absolute atomic E-state index is 13.3. The largest absolute Gasteiger partial charge is 0.352 e. The second-order valence-electron chi connectivity index (χ2n) is 7.99. The second-order valence-corrected chi connectivity index (χ2v) is 8.81. The Bertz CT molecular complexity index is 890. The van der Waals surface area contributed by atoms with Crippen LogP contribution in [0.15, 0.2) is 42.5 Å². The third-order valence-corrected chi connectivity index (χ3v) is 6.57. The van der Waals surface area contributed by atoms with Gasteiger partial charge in [0, 0.05) is 22.6 Å². The van der Waals surface area contributed by atoms with Crippen molar-refractivity contribution in [3.05, 3.63) is 69.2 Å². The highest BCUT2D eigenvalue weighted by molar-refractivity contribution is 6.36. The number of hydrogen-bond donors (Lipinski definition) is 1. The first-order valence-corrected chi connectivity index (χ1v) is 11.2. The van der Waals surface area contributed by atoms with Crippen LogP contribution in [0.5, 0.6) is 0 Å². The van der Waals surface area contributed by atoms with Crippen LogP contribution in [-0.4, -0.2) is 28.8 Å². The lowest BCUT2D eigenvalue weighted by Gasteiger charge is -2.30. The fourth-order valence-electron chi connectivity index (χ4n) is 3.90. The molecule has 1 aliphatic rings. The van der Waals surface area contributed by atoms with Crippen molar-refractivity contribution in [2.75, 3.05) is 0 Å². The first-order chi connectivity index (χ1) is 14.4. The average molecular weight is 447 g/mol. The van der Waals surface area contributed by atoms with E-state index in [0.29, 0.717) is 22.2 Å². The number of nitrogens with zero attached hydrogens (tertiary/aromatic N) is 1. The average Bonchev–Trinajstić information content (AvgIpc) is 3.22. The molecule has 1 fully saturated rings. The molecular formula is C24H28Cl2N2O2. The molecule has 2 amide bonds. The van der Waals surface area contributed by atoms with Gasteiger partial charge in [-0.15, -0.1) is 0 Å². The van der Waals surface area contributed by atoms with E-state index in [1.807, 2.05) is 31.2 Å². The molecule has 0 unspecified atom stereocenters. The van der Waals surface area contributed by atoms with E-state index in [1.165, 1.54) is 0 Å². The third kappa shape index (κ3) is 5.55. The summed E-state index contributed by atoms with van der Waals surface area (Å²) < 4.78 is 0. The number of aryl methyl sites for hydroxylation is 1. The van der Waals surface area contributed by atoms with Crippen molar-refractivity contribution in [2.45, 2.75) is 64.6 Å². The minimum atomic E-state index is -0.598. The molecule has 0 bridgehead atoms. The SMILES string of the molecule is Cc1ccccc1CN(C(=O)Cc1c(Cl)cccc1Cl)[C@@H](C)C(=O)NC1CCCC1. The lowest BCUT2D eigenvalue weighted by molar-refractivity contribution is -0.140. The molecule has 160 valence electrons. The van der Waals surface area contributed by atoms with Gasteiger partial charge in [0.25, 0.3) is 0 Å². The molecule has 0 spiro atoms. The summed E-state index contributed by atoms with van der Waals surface area (Å²) in [6.07, 6.45) is 4.32. The predicted octanol–water partition coefficient (Wildman–Crippen LogP) is 5.32. The zero-order valence-electron chi connectivity index (χ0n) is 17.5. The molecule has 2 aromatic carbocycles. The van der Waals surface area contributed by atoms with Crippen LogP contribution < -0.4 is 5.32 Å². The van der Waals surface area contributed by atoms with Crippen LogP contribution in [0.4, 0.5) is 0 Å². The molecule has 6 heteroatoms. The standard InChI is InChI=1S/C24H28Cl2N2O2/c1-16-8-3-4-9-18(16)15-28(17(2)24(30)27-19-10-5-6-11-19)23(29)14-20-21(25)12-7-13-22(20)26/h3-4,7-9,12-13,17,19H,5-6,10-11,14-15H2,1-2H3,(H,27,30)/t17-/m0/s1. The predicted molar refractivity (Wildman–Crippen MR) is 122 cm³/mol. The number of carbonyl (C=O) groups excluding carboxylic acids is 2. The van der Waals surface area contributed by atoms with E-state index < -0.39 is 6.04 Å². The number of nitrogens with one attached hydrogen (secondary N) is 1. The van der Waals surface area contributed by atoms with Gasteiger partial charge >= 0.3 is 0 Å². The summed E-state index contributed by atoms with van der Waals surface area (Å²) >= 11 is 12.6. The molecule has 0 saturated heterocycles. The molecule has 1 N–H and O–H groups in total. The summed E-state index contributed by atoms with van der Waals surface area (Å²) in [7, 11) is 0. The Morgan fingerprint density at radius 1 is 1.07 bits per heavy atom. The van der Waals surface area contributed by atoms with Gasteiger partial charge in [-0.1, -0.05) is 66.4 Å². The monoisotopic (exact) mass is 446 g/mol. The van der Waals surface area contributed by atoms with Crippen molar-refractivity contribution in [3.63, 3.8) is 0 Å². The molecule has 0 aromatic heterocycles. The van der Waals surface area contributed by atoms with Crippen LogP contribution >= 0.6 is 23.2 Å². The number of benzene rings is 2. The molecule has 3 rings (SSSR count). The van der Waals surface area contributed by atoms with Crippen molar-refractivity contribution < 1.29 is 9.59 Å². The third-order valence-electron chi connectivity index (χ3n) is 5.86. The summed E-state index contributed by atoms with van der Waals surface area (Å²) in [5, 5.41) is 4.02. The number of halogens is 2. The maximum atomic E-state index is 13.3. The van der Waals surface area contributed by atoms with Gasteiger partial charge in [0.05, 0.1) is 6.42 Å². The van der Waals surface area contributed by atoms with Gasteiger partial charge < -0.3 is 10.2 Å². The number of hydrogen-bond acceptors (Lipinski definition) is 2. The summed E-state index contributed by atoms with van der Waals surface area (Å²) in [5.74, 6) is -0.295. The van der Waals surface area contributed by atoms with E-state index in [4.69, 9.17) is 23.2 Å². The Labute approximate surface area is 188 Å². The minimum absolute atomic E-state index is 0.0471. The second kappa shape index (κ2) is 10.3. The van der Waals surface area contributed by atoms with Crippen LogP contribution in [0.2, 0.25) is 10.0 Å². The topological polar surface area (TPSA) is 49.4 Å². The molecule has 1 saturated carbocycles. The van der Waals surface area contributed by atoms with E-state index in [1.54, 1.807) is 30.0 Å². The fourth-order valence-corrected chi connectivity index (χ4v) is 4.43. The smallest absolute Gasteiger partial charge is 0.242 e. The van der Waals surface area contributed by atoms with Gasteiger partial charge in [-0.3, -0.25) is 9.59 Å². The molecular weight excluding hydrogens is 419 g/mol. The molecule has 30 heavy (non-hydrogen) atoms. The van der Waals surface area contributed by atoms with E-state index in [9.17, 15) is 9.59 Å². The van der Waals surface area contributed by atoms with Crippen molar-refractivity contribution in [3.8, 4) is 0 Å². The van der Waals surface area contributed by atoms with Gasteiger partial charge in [0.15, 0.2) is 0 Å². The number of carbonyl (C=O) groups is 2. The van der Waals surface area contributed by atoms with Crippen molar-refractivity contribution in [1.82, 2.24) is 10.2 Å². The lowest BCUT2D eigenvalue weighted by atomic mass is 10.1. The zero-order chi connectivity index (χ0) is 21.7. The summed E-state index contributed by atoms with van der Waals surface area (Å²) in [6.45, 7) is 4.15. The van der Waals surface area contributed by atoms with Gasteiger partial charge in [-0.25, -0.2) is 0 Å². The van der Waals surface area contributed by atoms with Crippen LogP contribution in [0.3, 0.4) is 0 Å². The molecule has 1 atom stereocenters. The van der Waals surface area contributed by atoms with Gasteiger partial charge in [-0.05, 0) is 55.5 Å².